The molecule has 2 aromatic heterocycles. The van der Waals surface area contributed by atoms with Crippen molar-refractivity contribution in [3.63, 3.8) is 0 Å². The van der Waals surface area contributed by atoms with Gasteiger partial charge in [0.1, 0.15) is 16.1 Å². The Morgan fingerprint density at radius 3 is 2.94 bits per heavy atom. The van der Waals surface area contributed by atoms with Gasteiger partial charge in [-0.25, -0.2) is 9.97 Å². The van der Waals surface area contributed by atoms with Crippen LogP contribution in [-0.4, -0.2) is 20.2 Å². The fourth-order valence-electron chi connectivity index (χ4n) is 1.27. The summed E-state index contributed by atoms with van der Waals surface area (Å²) in [6.07, 6.45) is 6.30. The monoisotopic (exact) mass is 277 g/mol. The number of nitrogens with zero attached hydrogens (tertiary/aromatic N) is 5. The summed E-state index contributed by atoms with van der Waals surface area (Å²) in [5.41, 5.74) is 0.327. The Labute approximate surface area is 113 Å². The van der Waals surface area contributed by atoms with Crippen molar-refractivity contribution < 1.29 is 0 Å². The third-order valence-corrected chi connectivity index (χ3v) is 4.17. The van der Waals surface area contributed by atoms with E-state index < -0.39 is 0 Å². The Morgan fingerprint density at radius 1 is 1.33 bits per heavy atom. The van der Waals surface area contributed by atoms with E-state index in [0.29, 0.717) is 10.7 Å². The van der Waals surface area contributed by atoms with E-state index in [-0.39, 0.29) is 0 Å². The lowest BCUT2D eigenvalue weighted by Crippen LogP contribution is -1.89. The Kier molecular flexibility index (Phi) is 4.61. The zero-order valence-corrected chi connectivity index (χ0v) is 11.5. The number of nitriles is 1. The first-order chi connectivity index (χ1) is 8.83. The first-order valence-electron chi connectivity index (χ1n) is 5.54. The zero-order valence-electron chi connectivity index (χ0n) is 9.83. The summed E-state index contributed by atoms with van der Waals surface area (Å²) in [7, 11) is 0. The van der Waals surface area contributed by atoms with Crippen LogP contribution in [0.25, 0.3) is 0 Å². The minimum absolute atomic E-state index is 0.327. The van der Waals surface area contributed by atoms with Crippen LogP contribution in [0.4, 0.5) is 0 Å². The van der Waals surface area contributed by atoms with E-state index in [1.807, 2.05) is 6.07 Å². The Hall–Kier alpha value is -1.52. The number of hydrogen-bond donors (Lipinski definition) is 0. The highest BCUT2D eigenvalue weighted by molar-refractivity contribution is 8.01. The van der Waals surface area contributed by atoms with Crippen LogP contribution in [0.2, 0.25) is 0 Å². The molecular weight excluding hydrogens is 266 g/mol. The van der Waals surface area contributed by atoms with Crippen LogP contribution in [0.15, 0.2) is 21.8 Å². The minimum Gasteiger partial charge on any atom is -0.245 e. The molecule has 0 spiro atoms. The molecule has 0 bridgehead atoms. The summed E-state index contributed by atoms with van der Waals surface area (Å²) in [5, 5.41) is 18.7. The lowest BCUT2D eigenvalue weighted by atomic mass is 10.3. The topological polar surface area (TPSA) is 75.3 Å². The summed E-state index contributed by atoms with van der Waals surface area (Å²) in [5.74, 6) is 0. The van der Waals surface area contributed by atoms with Crippen molar-refractivity contribution in [2.75, 3.05) is 0 Å². The molecule has 0 fully saturated rings. The number of rotatable bonds is 5. The lowest BCUT2D eigenvalue weighted by molar-refractivity contribution is 0.777. The maximum atomic E-state index is 8.92. The van der Waals surface area contributed by atoms with E-state index in [9.17, 15) is 0 Å². The van der Waals surface area contributed by atoms with Crippen LogP contribution >= 0.6 is 23.1 Å². The average molecular weight is 277 g/mol. The van der Waals surface area contributed by atoms with E-state index in [1.165, 1.54) is 18.0 Å². The first-order valence-corrected chi connectivity index (χ1v) is 7.18. The van der Waals surface area contributed by atoms with E-state index >= 15 is 0 Å². The van der Waals surface area contributed by atoms with Gasteiger partial charge in [-0.05, 0) is 18.2 Å². The van der Waals surface area contributed by atoms with Crippen LogP contribution in [0, 0.1) is 11.3 Å². The van der Waals surface area contributed by atoms with Gasteiger partial charge in [-0.2, -0.15) is 5.26 Å². The first kappa shape index (κ1) is 12.9. The van der Waals surface area contributed by atoms with Crippen LogP contribution in [0.3, 0.4) is 0 Å². The number of aryl methyl sites for hydroxylation is 1. The highest BCUT2D eigenvalue weighted by Gasteiger charge is 2.10. The summed E-state index contributed by atoms with van der Waals surface area (Å²) < 4.78 is 0.804. The fourth-order valence-corrected chi connectivity index (χ4v) is 3.13. The summed E-state index contributed by atoms with van der Waals surface area (Å²) in [6, 6.07) is 2.02. The SMILES string of the molecule is CCCCc1nnc(Sc2nccnc2C#N)s1. The predicted molar refractivity (Wildman–Crippen MR) is 69.4 cm³/mol. The van der Waals surface area contributed by atoms with Crippen LogP contribution < -0.4 is 0 Å². The van der Waals surface area contributed by atoms with Crippen LogP contribution in [0.1, 0.15) is 30.5 Å². The largest absolute Gasteiger partial charge is 0.245 e. The number of unbranched alkanes of at least 4 members (excludes halogenated alkanes) is 1. The molecule has 0 aromatic carbocycles. The van der Waals surface area contributed by atoms with Crippen molar-refractivity contribution in [3.8, 4) is 6.07 Å². The molecule has 0 unspecified atom stereocenters. The normalized spacial score (nSPS) is 10.2. The molecule has 0 aliphatic heterocycles. The van der Waals surface area contributed by atoms with Crippen molar-refractivity contribution >= 4 is 23.1 Å². The maximum absolute atomic E-state index is 8.92. The van der Waals surface area contributed by atoms with Gasteiger partial charge in [-0.1, -0.05) is 24.7 Å². The summed E-state index contributed by atoms with van der Waals surface area (Å²) in [6.45, 7) is 2.15. The van der Waals surface area contributed by atoms with Crippen molar-refractivity contribution in [1.29, 1.82) is 5.26 Å². The number of hydrogen-bond acceptors (Lipinski definition) is 7. The third kappa shape index (κ3) is 3.24. The molecule has 0 aliphatic rings. The van der Waals surface area contributed by atoms with Gasteiger partial charge in [0.2, 0.25) is 0 Å². The molecule has 0 aliphatic carbocycles. The van der Waals surface area contributed by atoms with Gasteiger partial charge >= 0.3 is 0 Å². The second-order valence-electron chi connectivity index (χ2n) is 3.49. The molecule has 2 aromatic rings. The lowest BCUT2D eigenvalue weighted by Gasteiger charge is -1.96. The second-order valence-corrected chi connectivity index (χ2v) is 5.79. The van der Waals surface area contributed by atoms with Crippen molar-refractivity contribution in [1.82, 2.24) is 20.2 Å². The van der Waals surface area contributed by atoms with Gasteiger partial charge in [0, 0.05) is 18.8 Å². The molecule has 0 radical (unpaired) electrons. The molecule has 0 atom stereocenters. The molecule has 2 rings (SSSR count). The van der Waals surface area contributed by atoms with Gasteiger partial charge in [0.05, 0.1) is 0 Å². The van der Waals surface area contributed by atoms with E-state index in [4.69, 9.17) is 5.26 Å². The average Bonchev–Trinajstić information content (AvgIpc) is 2.84. The molecule has 18 heavy (non-hydrogen) atoms. The van der Waals surface area contributed by atoms with Gasteiger partial charge in [0.25, 0.3) is 0 Å². The maximum Gasteiger partial charge on any atom is 0.180 e. The highest BCUT2D eigenvalue weighted by Crippen LogP contribution is 2.30. The highest BCUT2D eigenvalue weighted by atomic mass is 32.2. The zero-order chi connectivity index (χ0) is 12.8. The predicted octanol–water partition coefficient (Wildman–Crippen LogP) is 2.69. The molecule has 92 valence electrons. The van der Waals surface area contributed by atoms with Crippen LogP contribution in [-0.2, 0) is 6.42 Å². The smallest absolute Gasteiger partial charge is 0.180 e. The van der Waals surface area contributed by atoms with E-state index in [0.717, 1.165) is 28.6 Å². The molecule has 2 heterocycles. The Bertz CT molecular complexity index is 561. The summed E-state index contributed by atoms with van der Waals surface area (Å²) in [4.78, 5) is 8.09. The number of aromatic nitrogens is 4. The van der Waals surface area contributed by atoms with Gasteiger partial charge < -0.3 is 0 Å². The molecule has 5 nitrogen and oxygen atoms in total. The fraction of sp³-hybridized carbons (Fsp3) is 0.364. The van der Waals surface area contributed by atoms with Gasteiger partial charge in [-0.15, -0.1) is 10.2 Å². The van der Waals surface area contributed by atoms with Gasteiger partial charge in [0.15, 0.2) is 10.0 Å². The van der Waals surface area contributed by atoms with Gasteiger partial charge in [-0.3, -0.25) is 0 Å². The minimum atomic E-state index is 0.327. The van der Waals surface area contributed by atoms with Crippen molar-refractivity contribution in [2.45, 2.75) is 35.6 Å². The molecule has 0 saturated carbocycles. The molecule has 7 heteroatoms. The van der Waals surface area contributed by atoms with Crippen LogP contribution in [0.5, 0.6) is 0 Å². The standard InChI is InChI=1S/C11H11N5S2/c1-2-3-4-9-15-16-11(17-9)18-10-8(7-12)13-5-6-14-10/h5-6H,2-4H2,1H3. The second kappa shape index (κ2) is 6.42. The van der Waals surface area contributed by atoms with E-state index in [2.05, 4.69) is 27.1 Å². The molecule has 0 saturated heterocycles. The van der Waals surface area contributed by atoms with E-state index in [1.54, 1.807) is 17.5 Å². The van der Waals surface area contributed by atoms with Crippen molar-refractivity contribution in [3.05, 3.63) is 23.1 Å². The Balaban J connectivity index is 2.09. The Morgan fingerprint density at radius 2 is 2.17 bits per heavy atom. The molecular formula is C11H11N5S2. The van der Waals surface area contributed by atoms with Crippen molar-refractivity contribution in [2.24, 2.45) is 0 Å². The molecule has 0 amide bonds. The quantitative estimate of drug-likeness (QED) is 0.836. The third-order valence-electron chi connectivity index (χ3n) is 2.15. The summed E-state index contributed by atoms with van der Waals surface area (Å²) >= 11 is 2.89. The molecule has 0 N–H and O–H groups in total.